The second kappa shape index (κ2) is 7.39. The number of nitrogens with zero attached hydrogens (tertiary/aromatic N) is 1. The van der Waals surface area contributed by atoms with Gasteiger partial charge in [-0.1, -0.05) is 28.1 Å². The molecule has 1 unspecified atom stereocenters. The van der Waals surface area contributed by atoms with Gasteiger partial charge in [0.2, 0.25) is 0 Å². The first-order chi connectivity index (χ1) is 9.19. The molecule has 0 amide bonds. The van der Waals surface area contributed by atoms with E-state index < -0.39 is 6.10 Å². The van der Waals surface area contributed by atoms with Gasteiger partial charge < -0.3 is 15.1 Å². The summed E-state index contributed by atoms with van der Waals surface area (Å²) >= 11 is 3.43. The molecule has 0 aliphatic carbocycles. The third kappa shape index (κ3) is 4.56. The summed E-state index contributed by atoms with van der Waals surface area (Å²) in [7, 11) is 0. The summed E-state index contributed by atoms with van der Waals surface area (Å²) in [6, 6.07) is 7.86. The first-order valence-corrected chi connectivity index (χ1v) is 7.75. The Labute approximate surface area is 123 Å². The van der Waals surface area contributed by atoms with E-state index in [1.807, 2.05) is 24.3 Å². The maximum Gasteiger partial charge on any atom is 0.0802 e. The van der Waals surface area contributed by atoms with Crippen LogP contribution in [0, 0.1) is 5.92 Å². The molecule has 4 heteroatoms. The van der Waals surface area contributed by atoms with Gasteiger partial charge in [0.1, 0.15) is 0 Å². The van der Waals surface area contributed by atoms with E-state index in [4.69, 9.17) is 5.11 Å². The number of aliphatic hydroxyl groups is 2. The van der Waals surface area contributed by atoms with Crippen LogP contribution in [-0.4, -0.2) is 41.4 Å². The molecule has 1 aliphatic rings. The predicted molar refractivity (Wildman–Crippen MR) is 80.0 cm³/mol. The topological polar surface area (TPSA) is 43.7 Å². The average Bonchev–Trinajstić information content (AvgIpc) is 2.45. The standard InChI is InChI=1S/C15H22BrNO2/c16-14-3-1-2-13(10-14)15(19)6-9-17-7-4-12(11-18)5-8-17/h1-3,10,12,15,18-19H,4-9,11H2. The van der Waals surface area contributed by atoms with Crippen LogP contribution in [0.15, 0.2) is 28.7 Å². The van der Waals surface area contributed by atoms with Crippen molar-refractivity contribution < 1.29 is 10.2 Å². The molecule has 2 rings (SSSR count). The van der Waals surface area contributed by atoms with Crippen molar-refractivity contribution in [1.29, 1.82) is 0 Å². The van der Waals surface area contributed by atoms with Gasteiger partial charge in [0, 0.05) is 17.6 Å². The fraction of sp³-hybridized carbons (Fsp3) is 0.600. The maximum atomic E-state index is 10.2. The van der Waals surface area contributed by atoms with Gasteiger partial charge in [-0.2, -0.15) is 0 Å². The number of hydrogen-bond donors (Lipinski definition) is 2. The van der Waals surface area contributed by atoms with Crippen LogP contribution in [0.4, 0.5) is 0 Å². The Morgan fingerprint density at radius 1 is 1.32 bits per heavy atom. The third-order valence-corrected chi connectivity index (χ3v) is 4.41. The Morgan fingerprint density at radius 2 is 2.05 bits per heavy atom. The normalized spacial score (nSPS) is 19.5. The molecule has 0 bridgehead atoms. The van der Waals surface area contributed by atoms with E-state index in [2.05, 4.69) is 20.8 Å². The monoisotopic (exact) mass is 327 g/mol. The molecule has 0 saturated carbocycles. The van der Waals surface area contributed by atoms with E-state index in [9.17, 15) is 5.11 Å². The van der Waals surface area contributed by atoms with E-state index in [0.29, 0.717) is 12.5 Å². The Kier molecular flexibility index (Phi) is 5.82. The van der Waals surface area contributed by atoms with Gasteiger partial charge in [-0.15, -0.1) is 0 Å². The molecule has 3 nitrogen and oxygen atoms in total. The molecule has 19 heavy (non-hydrogen) atoms. The highest BCUT2D eigenvalue weighted by Crippen LogP contribution is 2.22. The Hall–Kier alpha value is -0.420. The molecular weight excluding hydrogens is 306 g/mol. The zero-order valence-corrected chi connectivity index (χ0v) is 12.7. The van der Waals surface area contributed by atoms with Crippen LogP contribution in [0.5, 0.6) is 0 Å². The van der Waals surface area contributed by atoms with Crippen molar-refractivity contribution in [2.45, 2.75) is 25.4 Å². The fourth-order valence-electron chi connectivity index (χ4n) is 2.58. The van der Waals surface area contributed by atoms with Gasteiger partial charge in [0.15, 0.2) is 0 Å². The number of piperidine rings is 1. The van der Waals surface area contributed by atoms with Crippen molar-refractivity contribution in [3.8, 4) is 0 Å². The van der Waals surface area contributed by atoms with Gasteiger partial charge in [0.25, 0.3) is 0 Å². The molecule has 1 saturated heterocycles. The second-order valence-electron chi connectivity index (χ2n) is 5.33. The summed E-state index contributed by atoms with van der Waals surface area (Å²) in [4.78, 5) is 2.38. The van der Waals surface area contributed by atoms with Crippen molar-refractivity contribution >= 4 is 15.9 Å². The van der Waals surface area contributed by atoms with E-state index in [1.54, 1.807) is 0 Å². The number of aliphatic hydroxyl groups excluding tert-OH is 2. The zero-order chi connectivity index (χ0) is 13.7. The number of halogens is 1. The van der Waals surface area contributed by atoms with E-state index in [1.165, 1.54) is 0 Å². The molecule has 1 aromatic carbocycles. The Bertz CT molecular complexity index is 391. The summed E-state index contributed by atoms with van der Waals surface area (Å²) in [5.74, 6) is 0.478. The van der Waals surface area contributed by atoms with Gasteiger partial charge in [-0.25, -0.2) is 0 Å². The molecule has 1 fully saturated rings. The molecule has 1 aliphatic heterocycles. The lowest BCUT2D eigenvalue weighted by Gasteiger charge is -2.31. The van der Waals surface area contributed by atoms with Crippen molar-refractivity contribution in [3.05, 3.63) is 34.3 Å². The van der Waals surface area contributed by atoms with Crippen molar-refractivity contribution in [2.24, 2.45) is 5.92 Å². The summed E-state index contributed by atoms with van der Waals surface area (Å²) < 4.78 is 1.01. The quantitative estimate of drug-likeness (QED) is 0.873. The van der Waals surface area contributed by atoms with Crippen molar-refractivity contribution in [3.63, 3.8) is 0 Å². The fourth-order valence-corrected chi connectivity index (χ4v) is 2.99. The molecule has 1 heterocycles. The highest BCUT2D eigenvalue weighted by atomic mass is 79.9. The lowest BCUT2D eigenvalue weighted by molar-refractivity contribution is 0.105. The van der Waals surface area contributed by atoms with Gasteiger partial charge in [-0.05, 0) is 56.0 Å². The van der Waals surface area contributed by atoms with Crippen LogP contribution in [0.3, 0.4) is 0 Å². The lowest BCUT2D eigenvalue weighted by Crippen LogP contribution is -2.35. The van der Waals surface area contributed by atoms with Crippen LogP contribution >= 0.6 is 15.9 Å². The average molecular weight is 328 g/mol. The number of likely N-dealkylation sites (tertiary alicyclic amines) is 1. The first kappa shape index (κ1) is 15.0. The van der Waals surface area contributed by atoms with Crippen LogP contribution in [0.2, 0.25) is 0 Å². The molecule has 0 aromatic heterocycles. The summed E-state index contributed by atoms with van der Waals surface area (Å²) in [5, 5.41) is 19.3. The smallest absolute Gasteiger partial charge is 0.0802 e. The van der Waals surface area contributed by atoms with Crippen LogP contribution in [0.25, 0.3) is 0 Å². The maximum absolute atomic E-state index is 10.2. The first-order valence-electron chi connectivity index (χ1n) is 6.96. The molecule has 1 atom stereocenters. The second-order valence-corrected chi connectivity index (χ2v) is 6.24. The van der Waals surface area contributed by atoms with Crippen LogP contribution in [-0.2, 0) is 0 Å². The highest BCUT2D eigenvalue weighted by Gasteiger charge is 2.19. The third-order valence-electron chi connectivity index (χ3n) is 3.92. The molecular formula is C15H22BrNO2. The minimum Gasteiger partial charge on any atom is -0.396 e. The van der Waals surface area contributed by atoms with Crippen LogP contribution in [0.1, 0.15) is 30.9 Å². The van der Waals surface area contributed by atoms with Gasteiger partial charge in [-0.3, -0.25) is 0 Å². The molecule has 2 N–H and O–H groups in total. The largest absolute Gasteiger partial charge is 0.396 e. The molecule has 0 spiro atoms. The summed E-state index contributed by atoms with van der Waals surface area (Å²) in [6.07, 6.45) is 2.51. The van der Waals surface area contributed by atoms with Crippen molar-refractivity contribution in [1.82, 2.24) is 4.90 Å². The van der Waals surface area contributed by atoms with E-state index >= 15 is 0 Å². The molecule has 106 valence electrons. The predicted octanol–water partition coefficient (Wildman–Crippen LogP) is 2.58. The number of benzene rings is 1. The lowest BCUT2D eigenvalue weighted by atomic mass is 9.97. The SMILES string of the molecule is OCC1CCN(CCC(O)c2cccc(Br)c2)CC1. The van der Waals surface area contributed by atoms with E-state index in [-0.39, 0.29) is 0 Å². The molecule has 1 aromatic rings. The van der Waals surface area contributed by atoms with E-state index in [0.717, 1.165) is 48.9 Å². The summed E-state index contributed by atoms with van der Waals surface area (Å²) in [6.45, 7) is 3.31. The summed E-state index contributed by atoms with van der Waals surface area (Å²) in [5.41, 5.74) is 0.972. The minimum atomic E-state index is -0.395. The number of hydrogen-bond acceptors (Lipinski definition) is 3. The van der Waals surface area contributed by atoms with Gasteiger partial charge in [0.05, 0.1) is 6.10 Å². The van der Waals surface area contributed by atoms with Crippen molar-refractivity contribution in [2.75, 3.05) is 26.2 Å². The molecule has 0 radical (unpaired) electrons. The Morgan fingerprint density at radius 3 is 2.68 bits per heavy atom. The zero-order valence-electron chi connectivity index (χ0n) is 11.1. The van der Waals surface area contributed by atoms with Crippen LogP contribution < -0.4 is 0 Å². The minimum absolute atomic E-state index is 0.314. The highest BCUT2D eigenvalue weighted by molar-refractivity contribution is 9.10. The Balaban J connectivity index is 1.76. The van der Waals surface area contributed by atoms with Gasteiger partial charge >= 0.3 is 0 Å². The number of rotatable bonds is 5.